The molecule has 19 heavy (non-hydrogen) atoms. The highest BCUT2D eigenvalue weighted by Gasteiger charge is 2.37. The predicted molar refractivity (Wildman–Crippen MR) is 81.8 cm³/mol. The zero-order valence-corrected chi connectivity index (χ0v) is 13.3. The van der Waals surface area contributed by atoms with Crippen LogP contribution in [0.5, 0.6) is 0 Å². The Morgan fingerprint density at radius 3 is 2.63 bits per heavy atom. The minimum Gasteiger partial charge on any atom is -0.381 e. The predicted octanol–water partition coefficient (Wildman–Crippen LogP) is 3.12. The number of hydrogen-bond acceptors (Lipinski definition) is 4. The van der Waals surface area contributed by atoms with Crippen LogP contribution in [-0.4, -0.2) is 37.2 Å². The molecule has 0 spiro atoms. The monoisotopic (exact) mass is 302 g/mol. The molecule has 0 bridgehead atoms. The van der Waals surface area contributed by atoms with Crippen molar-refractivity contribution in [1.82, 2.24) is 4.90 Å². The quantitative estimate of drug-likeness (QED) is 0.908. The topological polar surface area (TPSA) is 38.5 Å². The molecule has 0 atom stereocenters. The maximum absolute atomic E-state index is 6.08. The van der Waals surface area contributed by atoms with Gasteiger partial charge in [0.2, 0.25) is 0 Å². The first kappa shape index (κ1) is 15.3. The van der Waals surface area contributed by atoms with Crippen LogP contribution in [0.3, 0.4) is 0 Å². The number of ether oxygens (including phenoxy) is 1. The second kappa shape index (κ2) is 6.55. The number of halogens is 1. The Labute approximate surface area is 124 Å². The van der Waals surface area contributed by atoms with Crippen molar-refractivity contribution in [3.05, 3.63) is 21.3 Å². The highest BCUT2D eigenvalue weighted by molar-refractivity contribution is 7.16. The number of methoxy groups -OCH3 is 1. The highest BCUT2D eigenvalue weighted by atomic mass is 35.5. The summed E-state index contributed by atoms with van der Waals surface area (Å²) in [7, 11) is 3.98. The number of likely N-dealkylation sites (N-methyl/N-ethyl adjacent to an activating group) is 1. The molecule has 1 aromatic heterocycles. The van der Waals surface area contributed by atoms with E-state index in [1.165, 1.54) is 4.88 Å². The van der Waals surface area contributed by atoms with Crippen LogP contribution >= 0.6 is 22.9 Å². The van der Waals surface area contributed by atoms with Gasteiger partial charge >= 0.3 is 0 Å². The van der Waals surface area contributed by atoms with Gasteiger partial charge < -0.3 is 10.5 Å². The van der Waals surface area contributed by atoms with Crippen LogP contribution in [0.2, 0.25) is 4.34 Å². The van der Waals surface area contributed by atoms with E-state index in [2.05, 4.69) is 18.0 Å². The van der Waals surface area contributed by atoms with Crippen LogP contribution < -0.4 is 5.73 Å². The molecule has 0 unspecified atom stereocenters. The van der Waals surface area contributed by atoms with E-state index in [1.807, 2.05) is 6.07 Å². The molecular weight excluding hydrogens is 280 g/mol. The molecule has 0 aliphatic heterocycles. The average molecular weight is 303 g/mol. The van der Waals surface area contributed by atoms with Crippen LogP contribution in [0.1, 0.15) is 30.6 Å². The highest BCUT2D eigenvalue weighted by Crippen LogP contribution is 2.35. The van der Waals surface area contributed by atoms with E-state index in [4.69, 9.17) is 22.1 Å². The summed E-state index contributed by atoms with van der Waals surface area (Å²) >= 11 is 7.65. The summed E-state index contributed by atoms with van der Waals surface area (Å²) < 4.78 is 6.31. The zero-order chi connectivity index (χ0) is 13.9. The van der Waals surface area contributed by atoms with Gasteiger partial charge in [-0.05, 0) is 44.9 Å². The van der Waals surface area contributed by atoms with E-state index in [-0.39, 0.29) is 5.54 Å². The number of hydrogen-bond donors (Lipinski definition) is 1. The van der Waals surface area contributed by atoms with Gasteiger partial charge in [-0.3, -0.25) is 4.90 Å². The Morgan fingerprint density at radius 2 is 2.16 bits per heavy atom. The molecule has 1 fully saturated rings. The lowest BCUT2D eigenvalue weighted by Crippen LogP contribution is -2.54. The number of nitrogens with zero attached hydrogens (tertiary/aromatic N) is 1. The van der Waals surface area contributed by atoms with Crippen molar-refractivity contribution in [3.8, 4) is 0 Å². The number of thiophene rings is 1. The molecule has 108 valence electrons. The van der Waals surface area contributed by atoms with Gasteiger partial charge in [-0.15, -0.1) is 11.3 Å². The molecule has 3 nitrogen and oxygen atoms in total. The number of rotatable bonds is 5. The fourth-order valence-corrected chi connectivity index (χ4v) is 4.09. The molecule has 1 aliphatic carbocycles. The molecule has 1 aliphatic rings. The van der Waals surface area contributed by atoms with Gasteiger partial charge in [0.25, 0.3) is 0 Å². The summed E-state index contributed by atoms with van der Waals surface area (Å²) in [6, 6.07) is 4.07. The van der Waals surface area contributed by atoms with Gasteiger partial charge in [0.1, 0.15) is 0 Å². The van der Waals surface area contributed by atoms with Crippen molar-refractivity contribution in [1.29, 1.82) is 0 Å². The minimum absolute atomic E-state index is 0.117. The Kier molecular flexibility index (Phi) is 5.26. The summed E-state index contributed by atoms with van der Waals surface area (Å²) in [6.45, 7) is 1.63. The first-order chi connectivity index (χ1) is 9.09. The third kappa shape index (κ3) is 3.50. The fraction of sp³-hybridized carbons (Fsp3) is 0.714. The number of nitrogens with two attached hydrogens (primary N) is 1. The molecule has 5 heteroatoms. The molecule has 0 amide bonds. The van der Waals surface area contributed by atoms with Gasteiger partial charge in [0.15, 0.2) is 0 Å². The van der Waals surface area contributed by atoms with E-state index >= 15 is 0 Å². The molecule has 1 saturated carbocycles. The van der Waals surface area contributed by atoms with Crippen molar-refractivity contribution in [2.75, 3.05) is 20.7 Å². The standard InChI is InChI=1S/C14H23ClN2OS/c1-17(9-12-3-4-13(15)19-12)14(10-16)7-5-11(18-2)6-8-14/h3-4,11H,5-10,16H2,1-2H3. The van der Waals surface area contributed by atoms with Crippen LogP contribution in [0.15, 0.2) is 12.1 Å². The second-order valence-corrected chi connectivity index (χ2v) is 7.23. The van der Waals surface area contributed by atoms with Crippen LogP contribution in [0, 0.1) is 0 Å². The van der Waals surface area contributed by atoms with Gasteiger partial charge in [-0.25, -0.2) is 0 Å². The van der Waals surface area contributed by atoms with E-state index in [9.17, 15) is 0 Å². The van der Waals surface area contributed by atoms with E-state index in [0.717, 1.165) is 36.6 Å². The average Bonchev–Trinajstić information content (AvgIpc) is 2.84. The summed E-state index contributed by atoms with van der Waals surface area (Å²) in [5, 5.41) is 0. The summed E-state index contributed by atoms with van der Waals surface area (Å²) in [5.41, 5.74) is 6.20. The molecule has 0 saturated heterocycles. The molecule has 2 rings (SSSR count). The van der Waals surface area contributed by atoms with Gasteiger partial charge in [0, 0.05) is 30.6 Å². The van der Waals surface area contributed by atoms with Crippen molar-refractivity contribution in [2.45, 2.75) is 43.9 Å². The molecule has 1 aromatic rings. The van der Waals surface area contributed by atoms with Gasteiger partial charge in [-0.2, -0.15) is 0 Å². The first-order valence-electron chi connectivity index (χ1n) is 6.78. The smallest absolute Gasteiger partial charge is 0.0931 e. The van der Waals surface area contributed by atoms with Crippen molar-refractivity contribution >= 4 is 22.9 Å². The largest absolute Gasteiger partial charge is 0.381 e. The van der Waals surface area contributed by atoms with E-state index in [0.29, 0.717) is 12.6 Å². The van der Waals surface area contributed by atoms with Crippen LogP contribution in [0.4, 0.5) is 0 Å². The lowest BCUT2D eigenvalue weighted by Gasteiger charge is -2.45. The Balaban J connectivity index is 2.00. The van der Waals surface area contributed by atoms with E-state index in [1.54, 1.807) is 18.4 Å². The van der Waals surface area contributed by atoms with Gasteiger partial charge in [0.05, 0.1) is 10.4 Å². The van der Waals surface area contributed by atoms with Crippen molar-refractivity contribution in [3.63, 3.8) is 0 Å². The summed E-state index contributed by atoms with van der Waals surface area (Å²) in [6.07, 6.45) is 4.83. The zero-order valence-electron chi connectivity index (χ0n) is 11.7. The van der Waals surface area contributed by atoms with Crippen molar-refractivity contribution in [2.24, 2.45) is 5.73 Å². The molecular formula is C14H23ClN2OS. The van der Waals surface area contributed by atoms with Crippen LogP contribution in [-0.2, 0) is 11.3 Å². The molecule has 0 radical (unpaired) electrons. The third-order valence-electron chi connectivity index (χ3n) is 4.41. The Morgan fingerprint density at radius 1 is 1.47 bits per heavy atom. The lowest BCUT2D eigenvalue weighted by atomic mass is 9.79. The third-order valence-corrected chi connectivity index (χ3v) is 5.62. The normalized spacial score (nSPS) is 27.9. The van der Waals surface area contributed by atoms with Crippen molar-refractivity contribution < 1.29 is 4.74 Å². The summed E-state index contributed by atoms with van der Waals surface area (Å²) in [5.74, 6) is 0. The molecule has 2 N–H and O–H groups in total. The maximum Gasteiger partial charge on any atom is 0.0931 e. The lowest BCUT2D eigenvalue weighted by molar-refractivity contribution is 0.000835. The first-order valence-corrected chi connectivity index (χ1v) is 7.97. The SMILES string of the molecule is COC1CCC(CN)(N(C)Cc2ccc(Cl)s2)CC1. The van der Waals surface area contributed by atoms with Crippen LogP contribution in [0.25, 0.3) is 0 Å². The molecule has 0 aromatic carbocycles. The fourth-order valence-electron chi connectivity index (χ4n) is 2.94. The Bertz CT molecular complexity index is 402. The second-order valence-electron chi connectivity index (χ2n) is 5.43. The Hall–Kier alpha value is -0.130. The minimum atomic E-state index is 0.117. The maximum atomic E-state index is 6.08. The summed E-state index contributed by atoms with van der Waals surface area (Å²) in [4.78, 5) is 3.70. The van der Waals surface area contributed by atoms with Gasteiger partial charge in [-0.1, -0.05) is 11.6 Å². The molecule has 1 heterocycles. The van der Waals surface area contributed by atoms with E-state index < -0.39 is 0 Å².